The minimum absolute atomic E-state index is 0.0420. The van der Waals surface area contributed by atoms with E-state index in [1.54, 1.807) is 13.0 Å². The van der Waals surface area contributed by atoms with Gasteiger partial charge in [0.05, 0.1) is 5.56 Å². The van der Waals surface area contributed by atoms with Crippen molar-refractivity contribution in [3.05, 3.63) is 65.2 Å². The van der Waals surface area contributed by atoms with Gasteiger partial charge in [0.1, 0.15) is 0 Å². The fourth-order valence-electron chi connectivity index (χ4n) is 2.11. The van der Waals surface area contributed by atoms with E-state index in [0.717, 1.165) is 5.56 Å². The first-order valence-corrected chi connectivity index (χ1v) is 7.44. The number of carboxylic acids is 1. The van der Waals surface area contributed by atoms with E-state index in [0.29, 0.717) is 24.2 Å². The molecule has 24 heavy (non-hydrogen) atoms. The van der Waals surface area contributed by atoms with E-state index in [1.807, 2.05) is 30.3 Å². The van der Waals surface area contributed by atoms with Crippen LogP contribution < -0.4 is 10.6 Å². The molecule has 124 valence electrons. The molecule has 0 bridgehead atoms. The molecule has 2 rings (SSSR count). The first-order chi connectivity index (χ1) is 11.5. The lowest BCUT2D eigenvalue weighted by Crippen LogP contribution is -2.36. The van der Waals surface area contributed by atoms with Gasteiger partial charge in [-0.3, -0.25) is 9.59 Å². The number of hydrogen-bond donors (Lipinski definition) is 3. The lowest BCUT2D eigenvalue weighted by Gasteiger charge is -2.09. The molecule has 2 aromatic rings. The number of rotatable bonds is 5. The highest BCUT2D eigenvalue weighted by atomic mass is 16.4. The molecule has 0 aliphatic heterocycles. The minimum atomic E-state index is -1.10. The molecule has 6 nitrogen and oxygen atoms in total. The van der Waals surface area contributed by atoms with Crippen LogP contribution in [0.3, 0.4) is 0 Å². The van der Waals surface area contributed by atoms with Crippen LogP contribution in [0.15, 0.2) is 48.5 Å². The summed E-state index contributed by atoms with van der Waals surface area (Å²) in [4.78, 5) is 34.7. The van der Waals surface area contributed by atoms with E-state index >= 15 is 0 Å². The highest BCUT2D eigenvalue weighted by Crippen LogP contribution is 2.16. The number of aryl methyl sites for hydroxylation is 1. The Hall–Kier alpha value is -3.15. The summed E-state index contributed by atoms with van der Waals surface area (Å²) < 4.78 is 0. The van der Waals surface area contributed by atoms with Crippen LogP contribution >= 0.6 is 0 Å². The van der Waals surface area contributed by atoms with Gasteiger partial charge in [-0.1, -0.05) is 36.4 Å². The van der Waals surface area contributed by atoms with Crippen LogP contribution in [0.4, 0.5) is 5.69 Å². The molecule has 0 fully saturated rings. The second kappa shape index (κ2) is 7.92. The van der Waals surface area contributed by atoms with Crippen molar-refractivity contribution in [3.63, 3.8) is 0 Å². The molecular formula is C18H18N2O4. The lowest BCUT2D eigenvalue weighted by molar-refractivity contribution is -0.136. The van der Waals surface area contributed by atoms with Crippen LogP contribution in [0.2, 0.25) is 0 Å². The Morgan fingerprint density at radius 1 is 1.00 bits per heavy atom. The van der Waals surface area contributed by atoms with Gasteiger partial charge in [-0.05, 0) is 36.6 Å². The number of nitrogens with one attached hydrogen (secondary N) is 2. The highest BCUT2D eigenvalue weighted by Gasteiger charge is 2.15. The summed E-state index contributed by atoms with van der Waals surface area (Å²) in [5, 5.41) is 14.0. The van der Waals surface area contributed by atoms with E-state index in [-0.39, 0.29) is 5.56 Å². The number of hydrogen-bond acceptors (Lipinski definition) is 3. The molecule has 0 aliphatic rings. The molecular weight excluding hydrogens is 308 g/mol. The van der Waals surface area contributed by atoms with Crippen LogP contribution in [-0.2, 0) is 16.0 Å². The van der Waals surface area contributed by atoms with Crippen molar-refractivity contribution in [2.75, 3.05) is 11.9 Å². The van der Waals surface area contributed by atoms with Crippen molar-refractivity contribution < 1.29 is 19.5 Å². The first kappa shape index (κ1) is 17.2. The normalized spacial score (nSPS) is 10.0. The van der Waals surface area contributed by atoms with Gasteiger partial charge < -0.3 is 15.7 Å². The summed E-state index contributed by atoms with van der Waals surface area (Å²) in [5.41, 5.74) is 2.08. The molecule has 0 unspecified atom stereocenters. The summed E-state index contributed by atoms with van der Waals surface area (Å²) in [5.74, 6) is -2.68. The van der Waals surface area contributed by atoms with Crippen LogP contribution in [-0.4, -0.2) is 29.4 Å². The minimum Gasteiger partial charge on any atom is -0.478 e. The average Bonchev–Trinajstić information content (AvgIpc) is 2.57. The van der Waals surface area contributed by atoms with E-state index in [9.17, 15) is 14.4 Å². The summed E-state index contributed by atoms with van der Waals surface area (Å²) in [6.07, 6.45) is 0.618. The van der Waals surface area contributed by atoms with Gasteiger partial charge >= 0.3 is 17.8 Å². The van der Waals surface area contributed by atoms with Gasteiger partial charge in [0, 0.05) is 12.2 Å². The van der Waals surface area contributed by atoms with E-state index in [1.165, 1.54) is 12.1 Å². The molecule has 3 N–H and O–H groups in total. The van der Waals surface area contributed by atoms with Gasteiger partial charge in [0.15, 0.2) is 0 Å². The molecule has 2 amide bonds. The van der Waals surface area contributed by atoms with Gasteiger partial charge in [-0.2, -0.15) is 0 Å². The van der Waals surface area contributed by atoms with Crippen LogP contribution in [0.5, 0.6) is 0 Å². The number of anilines is 1. The number of carbonyl (C=O) groups excluding carboxylic acids is 2. The third kappa shape index (κ3) is 4.67. The molecule has 0 heterocycles. The quantitative estimate of drug-likeness (QED) is 0.732. The number of carboxylic acid groups (broad SMARTS) is 1. The van der Waals surface area contributed by atoms with Crippen molar-refractivity contribution >= 4 is 23.5 Å². The number of benzene rings is 2. The SMILES string of the molecule is Cc1ccc(C(=O)O)cc1NC(=O)C(=O)NCCc1ccccc1. The van der Waals surface area contributed by atoms with Crippen molar-refractivity contribution in [2.24, 2.45) is 0 Å². The van der Waals surface area contributed by atoms with Gasteiger partial charge in [0.25, 0.3) is 0 Å². The second-order valence-electron chi connectivity index (χ2n) is 5.28. The maximum atomic E-state index is 11.9. The van der Waals surface area contributed by atoms with Gasteiger partial charge in [0.2, 0.25) is 0 Å². The molecule has 0 aliphatic carbocycles. The molecule has 0 atom stereocenters. The van der Waals surface area contributed by atoms with Crippen molar-refractivity contribution in [2.45, 2.75) is 13.3 Å². The average molecular weight is 326 g/mol. The Morgan fingerprint density at radius 2 is 1.71 bits per heavy atom. The lowest BCUT2D eigenvalue weighted by atomic mass is 10.1. The maximum absolute atomic E-state index is 11.9. The first-order valence-electron chi connectivity index (χ1n) is 7.44. The van der Waals surface area contributed by atoms with E-state index < -0.39 is 17.8 Å². The Labute approximate surface area is 139 Å². The summed E-state index contributed by atoms with van der Waals surface area (Å²) in [6, 6.07) is 13.9. The van der Waals surface area contributed by atoms with Crippen molar-refractivity contribution in [3.8, 4) is 0 Å². The van der Waals surface area contributed by atoms with E-state index in [4.69, 9.17) is 5.11 Å². The van der Waals surface area contributed by atoms with Gasteiger partial charge in [-0.15, -0.1) is 0 Å². The Balaban J connectivity index is 1.91. The predicted molar refractivity (Wildman–Crippen MR) is 89.9 cm³/mol. The monoisotopic (exact) mass is 326 g/mol. The molecule has 0 saturated carbocycles. The Morgan fingerprint density at radius 3 is 2.38 bits per heavy atom. The number of aromatic carboxylic acids is 1. The summed E-state index contributed by atoms with van der Waals surface area (Å²) in [6.45, 7) is 2.05. The van der Waals surface area contributed by atoms with Crippen LogP contribution in [0.25, 0.3) is 0 Å². The zero-order chi connectivity index (χ0) is 17.5. The van der Waals surface area contributed by atoms with Crippen molar-refractivity contribution in [1.29, 1.82) is 0 Å². The molecule has 6 heteroatoms. The molecule has 0 spiro atoms. The van der Waals surface area contributed by atoms with Crippen LogP contribution in [0.1, 0.15) is 21.5 Å². The molecule has 0 saturated heterocycles. The molecule has 2 aromatic carbocycles. The zero-order valence-electron chi connectivity index (χ0n) is 13.2. The fourth-order valence-corrected chi connectivity index (χ4v) is 2.11. The van der Waals surface area contributed by atoms with Crippen molar-refractivity contribution in [1.82, 2.24) is 5.32 Å². The largest absolute Gasteiger partial charge is 0.478 e. The smallest absolute Gasteiger partial charge is 0.335 e. The predicted octanol–water partition coefficient (Wildman–Crippen LogP) is 1.99. The summed E-state index contributed by atoms with van der Waals surface area (Å²) in [7, 11) is 0. The highest BCUT2D eigenvalue weighted by molar-refractivity contribution is 6.39. The summed E-state index contributed by atoms with van der Waals surface area (Å²) >= 11 is 0. The number of amides is 2. The van der Waals surface area contributed by atoms with E-state index in [2.05, 4.69) is 10.6 Å². The van der Waals surface area contributed by atoms with Crippen LogP contribution in [0, 0.1) is 6.92 Å². The standard InChI is InChI=1S/C18H18N2O4/c1-12-7-8-14(18(23)24)11-15(12)20-17(22)16(21)19-10-9-13-5-3-2-4-6-13/h2-8,11H,9-10H2,1H3,(H,19,21)(H,20,22)(H,23,24). The maximum Gasteiger partial charge on any atom is 0.335 e. The molecule has 0 aromatic heterocycles. The third-order valence-electron chi connectivity index (χ3n) is 3.48. The number of carbonyl (C=O) groups is 3. The Kier molecular flexibility index (Phi) is 5.68. The van der Waals surface area contributed by atoms with Gasteiger partial charge in [-0.25, -0.2) is 4.79 Å². The second-order valence-corrected chi connectivity index (χ2v) is 5.28. The fraction of sp³-hybridized carbons (Fsp3) is 0.167. The molecule has 0 radical (unpaired) electrons. The zero-order valence-corrected chi connectivity index (χ0v) is 13.2. The topological polar surface area (TPSA) is 95.5 Å². The Bertz CT molecular complexity index is 757. The third-order valence-corrected chi connectivity index (χ3v) is 3.48.